The first kappa shape index (κ1) is 21.5. The number of aryl methyl sites for hydroxylation is 1. The second-order valence-electron chi connectivity index (χ2n) is 7.78. The molecule has 2 N–H and O–H groups in total. The van der Waals surface area contributed by atoms with E-state index in [9.17, 15) is 5.11 Å². The molecule has 2 nitrogen and oxygen atoms in total. The summed E-state index contributed by atoms with van der Waals surface area (Å²) in [6.45, 7) is 2.09. The van der Waals surface area contributed by atoms with E-state index < -0.39 is 0 Å². The van der Waals surface area contributed by atoms with Crippen molar-refractivity contribution in [1.29, 1.82) is 0 Å². The van der Waals surface area contributed by atoms with E-state index in [1.807, 2.05) is 48.5 Å². The summed E-state index contributed by atoms with van der Waals surface area (Å²) < 4.78 is 3.52. The highest BCUT2D eigenvalue weighted by molar-refractivity contribution is 8.00. The normalized spacial score (nSPS) is 10.9. The third-order valence-electron chi connectivity index (χ3n) is 5.53. The third-order valence-corrected chi connectivity index (χ3v) is 7.57. The van der Waals surface area contributed by atoms with Crippen molar-refractivity contribution < 1.29 is 5.11 Å². The number of rotatable bonds is 6. The van der Waals surface area contributed by atoms with Crippen LogP contribution in [-0.4, -0.2) is 5.11 Å². The molecule has 0 radical (unpaired) electrons. The van der Waals surface area contributed by atoms with E-state index in [4.69, 9.17) is 0 Å². The Kier molecular flexibility index (Phi) is 6.29. The van der Waals surface area contributed by atoms with Crippen LogP contribution in [-0.2, 0) is 0 Å². The quantitative estimate of drug-likeness (QED) is 0.194. The standard InChI is InChI=1S/C29H23NOS2/c1-20-9-5-8-14-27(20)32-28-19-26(24-12-6-7-13-25(24)29(28)31)30-33-23-17-15-22(16-18-23)21-10-3-2-4-11-21/h2-19,30-31H,1H3. The van der Waals surface area contributed by atoms with E-state index in [2.05, 4.69) is 72.3 Å². The lowest BCUT2D eigenvalue weighted by Crippen LogP contribution is -1.91. The Morgan fingerprint density at radius 3 is 2.03 bits per heavy atom. The van der Waals surface area contributed by atoms with Crippen molar-refractivity contribution in [2.45, 2.75) is 21.6 Å². The van der Waals surface area contributed by atoms with Crippen LogP contribution in [0.25, 0.3) is 21.9 Å². The smallest absolute Gasteiger partial charge is 0.137 e. The largest absolute Gasteiger partial charge is 0.506 e. The molecule has 0 aliphatic rings. The zero-order valence-electron chi connectivity index (χ0n) is 18.2. The van der Waals surface area contributed by atoms with Gasteiger partial charge in [0.25, 0.3) is 0 Å². The summed E-state index contributed by atoms with van der Waals surface area (Å²) in [7, 11) is 0. The van der Waals surface area contributed by atoms with Gasteiger partial charge in [0.2, 0.25) is 0 Å². The topological polar surface area (TPSA) is 32.3 Å². The van der Waals surface area contributed by atoms with Gasteiger partial charge in [0.1, 0.15) is 5.75 Å². The maximum atomic E-state index is 11.0. The fourth-order valence-corrected chi connectivity index (χ4v) is 5.41. The van der Waals surface area contributed by atoms with Crippen LogP contribution < -0.4 is 4.72 Å². The molecule has 0 unspecified atom stereocenters. The maximum Gasteiger partial charge on any atom is 0.137 e. The van der Waals surface area contributed by atoms with Crippen LogP contribution in [0.5, 0.6) is 5.75 Å². The molecule has 0 saturated heterocycles. The van der Waals surface area contributed by atoms with Crippen molar-refractivity contribution in [1.82, 2.24) is 0 Å². The minimum atomic E-state index is 0.321. The van der Waals surface area contributed by atoms with Crippen molar-refractivity contribution in [3.63, 3.8) is 0 Å². The summed E-state index contributed by atoms with van der Waals surface area (Å²) in [4.78, 5) is 3.10. The van der Waals surface area contributed by atoms with Crippen LogP contribution in [0.2, 0.25) is 0 Å². The molecule has 4 heteroatoms. The lowest BCUT2D eigenvalue weighted by atomic mass is 10.1. The molecule has 5 aromatic carbocycles. The number of hydrogen-bond donors (Lipinski definition) is 2. The summed E-state index contributed by atoms with van der Waals surface area (Å²) >= 11 is 3.17. The molecular formula is C29H23NOS2. The van der Waals surface area contributed by atoms with Gasteiger partial charge in [-0.1, -0.05) is 96.7 Å². The SMILES string of the molecule is Cc1ccccc1Sc1cc(NSc2ccc(-c3ccccc3)cc2)c2ccccc2c1O. The lowest BCUT2D eigenvalue weighted by molar-refractivity contribution is 0.469. The molecular weight excluding hydrogens is 442 g/mol. The zero-order chi connectivity index (χ0) is 22.6. The van der Waals surface area contributed by atoms with Gasteiger partial charge < -0.3 is 9.83 Å². The molecule has 0 heterocycles. The Morgan fingerprint density at radius 1 is 0.636 bits per heavy atom. The first-order valence-electron chi connectivity index (χ1n) is 10.8. The van der Waals surface area contributed by atoms with Crippen LogP contribution in [0.1, 0.15) is 5.56 Å². The minimum absolute atomic E-state index is 0.321. The number of aromatic hydroxyl groups is 1. The fourth-order valence-electron chi connectivity index (χ4n) is 3.75. The highest BCUT2D eigenvalue weighted by Gasteiger charge is 2.13. The van der Waals surface area contributed by atoms with Crippen molar-refractivity contribution >= 4 is 40.2 Å². The average Bonchev–Trinajstić information content (AvgIpc) is 2.87. The molecule has 33 heavy (non-hydrogen) atoms. The van der Waals surface area contributed by atoms with Gasteiger partial charge in [-0.2, -0.15) is 0 Å². The Balaban J connectivity index is 1.43. The maximum absolute atomic E-state index is 11.0. The van der Waals surface area contributed by atoms with E-state index in [0.29, 0.717) is 5.75 Å². The molecule has 0 amide bonds. The molecule has 0 aromatic heterocycles. The number of hydrogen-bond acceptors (Lipinski definition) is 4. The first-order chi connectivity index (χ1) is 16.2. The number of benzene rings is 5. The van der Waals surface area contributed by atoms with Gasteiger partial charge in [-0.3, -0.25) is 0 Å². The van der Waals surface area contributed by atoms with Crippen LogP contribution in [0.15, 0.2) is 124 Å². The van der Waals surface area contributed by atoms with Crippen LogP contribution in [0.4, 0.5) is 5.69 Å². The molecule has 5 rings (SSSR count). The predicted octanol–water partition coefficient (Wildman–Crippen LogP) is 8.79. The van der Waals surface area contributed by atoms with Gasteiger partial charge in [-0.15, -0.1) is 0 Å². The second kappa shape index (κ2) is 9.65. The van der Waals surface area contributed by atoms with Crippen molar-refractivity contribution in [3.05, 3.63) is 115 Å². The summed E-state index contributed by atoms with van der Waals surface area (Å²) in [5.74, 6) is 0.321. The van der Waals surface area contributed by atoms with E-state index in [1.54, 1.807) is 23.7 Å². The van der Waals surface area contributed by atoms with Gasteiger partial charge in [0.15, 0.2) is 0 Å². The Bertz CT molecular complexity index is 1400. The van der Waals surface area contributed by atoms with Gasteiger partial charge in [0, 0.05) is 20.6 Å². The van der Waals surface area contributed by atoms with Gasteiger partial charge in [0.05, 0.1) is 10.6 Å². The second-order valence-corrected chi connectivity index (χ2v) is 9.74. The number of phenols is 1. The van der Waals surface area contributed by atoms with Gasteiger partial charge >= 0.3 is 0 Å². The third kappa shape index (κ3) is 4.72. The highest BCUT2D eigenvalue weighted by Crippen LogP contribution is 2.44. The van der Waals surface area contributed by atoms with E-state index in [1.165, 1.54) is 16.7 Å². The first-order valence-corrected chi connectivity index (χ1v) is 12.4. The van der Waals surface area contributed by atoms with Crippen molar-refractivity contribution in [3.8, 4) is 16.9 Å². The molecule has 5 aromatic rings. The minimum Gasteiger partial charge on any atom is -0.506 e. The van der Waals surface area contributed by atoms with Crippen LogP contribution in [0.3, 0.4) is 0 Å². The average molecular weight is 466 g/mol. The Morgan fingerprint density at radius 2 is 1.27 bits per heavy atom. The number of fused-ring (bicyclic) bond motifs is 1. The fraction of sp³-hybridized carbons (Fsp3) is 0.0345. The molecule has 0 bridgehead atoms. The monoisotopic (exact) mass is 465 g/mol. The molecule has 162 valence electrons. The molecule has 0 saturated carbocycles. The van der Waals surface area contributed by atoms with Crippen LogP contribution >= 0.6 is 23.7 Å². The van der Waals surface area contributed by atoms with E-state index >= 15 is 0 Å². The number of anilines is 1. The van der Waals surface area contributed by atoms with Gasteiger partial charge in [-0.05, 0) is 59.8 Å². The zero-order valence-corrected chi connectivity index (χ0v) is 19.8. The highest BCUT2D eigenvalue weighted by atomic mass is 32.2. The molecule has 0 atom stereocenters. The molecule has 0 aliphatic heterocycles. The lowest BCUT2D eigenvalue weighted by Gasteiger charge is -2.15. The summed E-state index contributed by atoms with van der Waals surface area (Å²) in [5, 5.41) is 12.8. The summed E-state index contributed by atoms with van der Waals surface area (Å²) in [6.07, 6.45) is 0. The van der Waals surface area contributed by atoms with Crippen LogP contribution in [0, 0.1) is 6.92 Å². The van der Waals surface area contributed by atoms with Crippen molar-refractivity contribution in [2.75, 3.05) is 4.72 Å². The van der Waals surface area contributed by atoms with Crippen molar-refractivity contribution in [2.24, 2.45) is 0 Å². The summed E-state index contributed by atoms with van der Waals surface area (Å²) in [5.41, 5.74) is 4.59. The number of phenolic OH excluding ortho intramolecular Hbond substituents is 1. The predicted molar refractivity (Wildman–Crippen MR) is 142 cm³/mol. The summed E-state index contributed by atoms with van der Waals surface area (Å²) in [6, 6.07) is 37.2. The van der Waals surface area contributed by atoms with Gasteiger partial charge in [-0.25, -0.2) is 0 Å². The number of nitrogens with one attached hydrogen (secondary N) is 1. The molecule has 0 fully saturated rings. The van der Waals surface area contributed by atoms with E-state index in [0.717, 1.165) is 31.1 Å². The Labute approximate surface area is 202 Å². The van der Waals surface area contributed by atoms with E-state index in [-0.39, 0.29) is 0 Å². The Hall–Kier alpha value is -3.34. The molecule has 0 aliphatic carbocycles. The molecule has 0 spiro atoms.